The van der Waals surface area contributed by atoms with E-state index in [9.17, 15) is 14.9 Å². The summed E-state index contributed by atoms with van der Waals surface area (Å²) >= 11 is 0. The van der Waals surface area contributed by atoms with Crippen LogP contribution in [0.4, 0.5) is 11.6 Å². The van der Waals surface area contributed by atoms with Crippen molar-refractivity contribution in [1.29, 1.82) is 0 Å². The van der Waals surface area contributed by atoms with Gasteiger partial charge in [0.05, 0.1) is 34.4 Å². The van der Waals surface area contributed by atoms with Crippen LogP contribution >= 0.6 is 0 Å². The quantitative estimate of drug-likeness (QED) is 0.308. The molecule has 0 saturated carbocycles. The van der Waals surface area contributed by atoms with E-state index in [2.05, 4.69) is 21.8 Å². The molecule has 0 amide bonds. The Morgan fingerprint density at radius 2 is 1.87 bits per heavy atom. The van der Waals surface area contributed by atoms with E-state index in [4.69, 9.17) is 10.5 Å². The number of nitrogens with zero attached hydrogens (tertiary/aromatic N) is 3. The summed E-state index contributed by atoms with van der Waals surface area (Å²) in [6, 6.07) is 9.81. The number of nitro benzene ring substituents is 1. The molecule has 150 valence electrons. The van der Waals surface area contributed by atoms with Crippen molar-refractivity contribution in [3.8, 4) is 23.1 Å². The van der Waals surface area contributed by atoms with Gasteiger partial charge >= 0.3 is 5.97 Å². The number of carbonyl (C=O) groups is 1. The van der Waals surface area contributed by atoms with Crippen molar-refractivity contribution >= 4 is 17.6 Å². The third-order valence-electron chi connectivity index (χ3n) is 4.48. The fraction of sp³-hybridized carbons (Fsp3) is 0.136. The van der Waals surface area contributed by atoms with Crippen LogP contribution < -0.4 is 5.73 Å². The minimum atomic E-state index is -0.470. The second-order valence-corrected chi connectivity index (χ2v) is 6.49. The Hall–Kier alpha value is -4.25. The summed E-state index contributed by atoms with van der Waals surface area (Å²) in [7, 11) is 1.31. The molecule has 3 rings (SSSR count). The number of esters is 1. The Kier molecular flexibility index (Phi) is 5.74. The number of hydrogen-bond acceptors (Lipinski definition) is 7. The van der Waals surface area contributed by atoms with Gasteiger partial charge in [-0.25, -0.2) is 14.8 Å². The second kappa shape index (κ2) is 8.41. The molecule has 0 aliphatic rings. The van der Waals surface area contributed by atoms with Gasteiger partial charge in [-0.05, 0) is 37.1 Å². The number of benzene rings is 2. The van der Waals surface area contributed by atoms with E-state index >= 15 is 0 Å². The molecule has 1 aromatic heterocycles. The van der Waals surface area contributed by atoms with E-state index in [0.29, 0.717) is 27.8 Å². The largest absolute Gasteiger partial charge is 0.465 e. The zero-order chi connectivity index (χ0) is 21.8. The van der Waals surface area contributed by atoms with Crippen molar-refractivity contribution in [2.24, 2.45) is 0 Å². The highest BCUT2D eigenvalue weighted by atomic mass is 16.6. The molecule has 0 aliphatic heterocycles. The fourth-order valence-corrected chi connectivity index (χ4v) is 2.93. The van der Waals surface area contributed by atoms with Crippen LogP contribution in [-0.4, -0.2) is 28.0 Å². The van der Waals surface area contributed by atoms with Gasteiger partial charge in [-0.1, -0.05) is 30.0 Å². The van der Waals surface area contributed by atoms with Crippen LogP contribution in [0.3, 0.4) is 0 Å². The average molecular weight is 402 g/mol. The molecule has 0 fully saturated rings. The smallest absolute Gasteiger partial charge is 0.337 e. The third-order valence-corrected chi connectivity index (χ3v) is 4.48. The molecule has 3 aromatic rings. The molecule has 8 heteroatoms. The van der Waals surface area contributed by atoms with Crippen molar-refractivity contribution < 1.29 is 14.5 Å². The topological polar surface area (TPSA) is 121 Å². The zero-order valence-corrected chi connectivity index (χ0v) is 16.6. The van der Waals surface area contributed by atoms with Gasteiger partial charge in [0.15, 0.2) is 0 Å². The number of aromatic nitrogens is 2. The Labute approximate surface area is 172 Å². The van der Waals surface area contributed by atoms with Crippen molar-refractivity contribution in [1.82, 2.24) is 9.97 Å². The molecule has 0 aliphatic carbocycles. The molecule has 30 heavy (non-hydrogen) atoms. The summed E-state index contributed by atoms with van der Waals surface area (Å²) in [5.41, 5.74) is 9.14. The lowest BCUT2D eigenvalue weighted by molar-refractivity contribution is -0.384. The van der Waals surface area contributed by atoms with E-state index in [-0.39, 0.29) is 17.3 Å². The summed E-state index contributed by atoms with van der Waals surface area (Å²) < 4.78 is 4.75. The number of anilines is 1. The molecule has 0 spiro atoms. The standard InChI is InChI=1S/C22H18N4O4/c1-13-7-8-16(21(27)30-3)11-15(13)9-10-17-12-24-22(23)25-20(17)19-14(2)5-4-6-18(19)26(28)29/h4-8,11-12H,1-3H3,(H2,23,24,25). The van der Waals surface area contributed by atoms with Crippen LogP contribution in [0, 0.1) is 35.8 Å². The summed E-state index contributed by atoms with van der Waals surface area (Å²) in [5.74, 6) is 5.48. The molecule has 0 unspecified atom stereocenters. The van der Waals surface area contributed by atoms with Crippen LogP contribution in [0.25, 0.3) is 11.3 Å². The number of nitrogens with two attached hydrogens (primary N) is 1. The lowest BCUT2D eigenvalue weighted by Crippen LogP contribution is -2.03. The highest BCUT2D eigenvalue weighted by molar-refractivity contribution is 5.90. The number of ether oxygens (including phenoxy) is 1. The number of aryl methyl sites for hydroxylation is 2. The number of methoxy groups -OCH3 is 1. The normalized spacial score (nSPS) is 10.1. The predicted molar refractivity (Wildman–Crippen MR) is 112 cm³/mol. The minimum Gasteiger partial charge on any atom is -0.465 e. The molecule has 0 radical (unpaired) electrons. The van der Waals surface area contributed by atoms with E-state index in [1.165, 1.54) is 19.4 Å². The summed E-state index contributed by atoms with van der Waals surface area (Å²) in [6.45, 7) is 3.61. The highest BCUT2D eigenvalue weighted by Crippen LogP contribution is 2.33. The van der Waals surface area contributed by atoms with Crippen LogP contribution in [0.2, 0.25) is 0 Å². The number of rotatable bonds is 3. The van der Waals surface area contributed by atoms with Crippen LogP contribution in [0.5, 0.6) is 0 Å². The van der Waals surface area contributed by atoms with Crippen LogP contribution in [0.1, 0.15) is 32.6 Å². The minimum absolute atomic E-state index is 0.0167. The molecule has 8 nitrogen and oxygen atoms in total. The van der Waals surface area contributed by atoms with Gasteiger partial charge in [0.2, 0.25) is 5.95 Å². The van der Waals surface area contributed by atoms with Crippen molar-refractivity contribution in [2.75, 3.05) is 12.8 Å². The lowest BCUT2D eigenvalue weighted by Gasteiger charge is -2.09. The Bertz CT molecular complexity index is 1230. The van der Waals surface area contributed by atoms with E-state index in [0.717, 1.165) is 5.56 Å². The maximum absolute atomic E-state index is 11.8. The molecule has 0 bridgehead atoms. The van der Waals surface area contributed by atoms with Gasteiger partial charge in [-0.3, -0.25) is 10.1 Å². The number of carbonyl (C=O) groups excluding carboxylic acids is 1. The first kappa shape index (κ1) is 20.5. The summed E-state index contributed by atoms with van der Waals surface area (Å²) in [4.78, 5) is 31.1. The first-order chi connectivity index (χ1) is 14.3. The van der Waals surface area contributed by atoms with Crippen molar-refractivity contribution in [3.05, 3.63) is 80.5 Å². The maximum atomic E-state index is 11.8. The zero-order valence-electron chi connectivity index (χ0n) is 16.6. The van der Waals surface area contributed by atoms with Gasteiger partial charge in [-0.2, -0.15) is 0 Å². The number of nitrogen functional groups attached to an aromatic ring is 1. The first-order valence-corrected chi connectivity index (χ1v) is 8.89. The van der Waals surface area contributed by atoms with Crippen molar-refractivity contribution in [3.63, 3.8) is 0 Å². The van der Waals surface area contributed by atoms with Gasteiger partial charge in [0.1, 0.15) is 0 Å². The maximum Gasteiger partial charge on any atom is 0.337 e. The highest BCUT2D eigenvalue weighted by Gasteiger charge is 2.21. The van der Waals surface area contributed by atoms with Gasteiger partial charge in [0, 0.05) is 17.8 Å². The van der Waals surface area contributed by atoms with E-state index in [1.54, 1.807) is 37.3 Å². The third kappa shape index (κ3) is 4.10. The van der Waals surface area contributed by atoms with E-state index < -0.39 is 10.9 Å². The first-order valence-electron chi connectivity index (χ1n) is 8.89. The number of hydrogen-bond donors (Lipinski definition) is 1. The molecule has 0 atom stereocenters. The fourth-order valence-electron chi connectivity index (χ4n) is 2.93. The SMILES string of the molecule is COC(=O)c1ccc(C)c(C#Cc2cnc(N)nc2-c2c(C)cccc2[N+](=O)[O-])c1. The predicted octanol–water partition coefficient (Wildman–Crippen LogP) is 3.44. The lowest BCUT2D eigenvalue weighted by atomic mass is 9.99. The Morgan fingerprint density at radius 1 is 1.13 bits per heavy atom. The second-order valence-electron chi connectivity index (χ2n) is 6.49. The molecule has 1 heterocycles. The Morgan fingerprint density at radius 3 is 2.57 bits per heavy atom. The van der Waals surface area contributed by atoms with Crippen LogP contribution in [-0.2, 0) is 4.74 Å². The van der Waals surface area contributed by atoms with E-state index in [1.807, 2.05) is 6.92 Å². The molecule has 2 aromatic carbocycles. The van der Waals surface area contributed by atoms with Crippen LogP contribution in [0.15, 0.2) is 42.6 Å². The van der Waals surface area contributed by atoms with Gasteiger partial charge in [-0.15, -0.1) is 0 Å². The van der Waals surface area contributed by atoms with Crippen molar-refractivity contribution in [2.45, 2.75) is 13.8 Å². The molecule has 0 saturated heterocycles. The molecule has 2 N–H and O–H groups in total. The monoisotopic (exact) mass is 402 g/mol. The molecular formula is C22H18N4O4. The van der Waals surface area contributed by atoms with Gasteiger partial charge < -0.3 is 10.5 Å². The number of nitro groups is 1. The van der Waals surface area contributed by atoms with Gasteiger partial charge in [0.25, 0.3) is 5.69 Å². The average Bonchev–Trinajstić information content (AvgIpc) is 2.73. The Balaban J connectivity index is 2.18. The summed E-state index contributed by atoms with van der Waals surface area (Å²) in [6.07, 6.45) is 1.43. The summed E-state index contributed by atoms with van der Waals surface area (Å²) in [5, 5.41) is 11.5. The molecular weight excluding hydrogens is 384 g/mol.